The number of carboxylic acids is 1. The number of rotatable bonds is 9. The number of aromatic nitrogens is 3. The van der Waals surface area contributed by atoms with Gasteiger partial charge in [0.1, 0.15) is 11.9 Å². The van der Waals surface area contributed by atoms with Crippen LogP contribution in [0.4, 0.5) is 0 Å². The summed E-state index contributed by atoms with van der Waals surface area (Å²) in [5.41, 5.74) is 3.87. The molecule has 0 amide bonds. The summed E-state index contributed by atoms with van der Waals surface area (Å²) in [7, 11) is 3.69. The van der Waals surface area contributed by atoms with Crippen molar-refractivity contribution in [2.24, 2.45) is 57.8 Å². The number of allylic oxidation sites excluding steroid dienone is 3. The lowest BCUT2D eigenvalue weighted by atomic mass is 9.33. The zero-order chi connectivity index (χ0) is 39.4. The van der Waals surface area contributed by atoms with E-state index in [-0.39, 0.29) is 38.7 Å². The molecule has 4 saturated carbocycles. The van der Waals surface area contributed by atoms with E-state index in [9.17, 15) is 14.7 Å². The Morgan fingerprint density at radius 2 is 1.72 bits per heavy atom. The van der Waals surface area contributed by atoms with E-state index < -0.39 is 11.4 Å². The van der Waals surface area contributed by atoms with Crippen LogP contribution in [-0.2, 0) is 22.0 Å². The molecule has 0 aromatic carbocycles. The molecule has 0 aliphatic heterocycles. The minimum atomic E-state index is -0.903. The van der Waals surface area contributed by atoms with Gasteiger partial charge in [-0.25, -0.2) is 4.98 Å². The zero-order valence-corrected chi connectivity index (χ0v) is 35.1. The van der Waals surface area contributed by atoms with Gasteiger partial charge in [0.15, 0.2) is 5.82 Å². The molecular formula is C46H67N3O5. The van der Waals surface area contributed by atoms with Crippen LogP contribution in [0.25, 0.3) is 5.82 Å². The quantitative estimate of drug-likeness (QED) is 0.203. The topological polar surface area (TPSA) is 95.6 Å². The van der Waals surface area contributed by atoms with E-state index in [4.69, 9.17) is 9.47 Å². The Balaban J connectivity index is 1.21. The summed E-state index contributed by atoms with van der Waals surface area (Å²) in [6, 6.07) is 5.68. The average Bonchev–Trinajstić information content (AvgIpc) is 3.64. The molecule has 4 fully saturated rings. The predicted molar refractivity (Wildman–Crippen MR) is 214 cm³/mol. The molecule has 2 aromatic rings. The number of pyridine rings is 1. The van der Waals surface area contributed by atoms with Crippen LogP contribution in [0.2, 0.25) is 0 Å². The van der Waals surface area contributed by atoms with E-state index in [0.29, 0.717) is 47.4 Å². The Hall–Kier alpha value is -3.29. The molecule has 0 radical (unpaired) electrons. The number of hydrogen-bond acceptors (Lipinski definition) is 5. The first-order valence-corrected chi connectivity index (χ1v) is 20.8. The van der Waals surface area contributed by atoms with Gasteiger partial charge in [-0.3, -0.25) is 14.3 Å². The highest BCUT2D eigenvalue weighted by Crippen LogP contribution is 2.77. The maximum absolute atomic E-state index is 13.9. The minimum Gasteiger partial charge on any atom is -0.495 e. The van der Waals surface area contributed by atoms with E-state index in [1.807, 2.05) is 18.2 Å². The third kappa shape index (κ3) is 5.44. The first-order valence-electron chi connectivity index (χ1n) is 20.8. The molecule has 0 spiro atoms. The van der Waals surface area contributed by atoms with Gasteiger partial charge in [-0.05, 0) is 130 Å². The van der Waals surface area contributed by atoms with Crippen LogP contribution in [0, 0.1) is 50.7 Å². The second kappa shape index (κ2) is 12.9. The van der Waals surface area contributed by atoms with Gasteiger partial charge in [0.25, 0.3) is 5.56 Å². The molecule has 8 atom stereocenters. The fourth-order valence-corrected chi connectivity index (χ4v) is 13.9. The summed E-state index contributed by atoms with van der Waals surface area (Å²) < 4.78 is 15.9. The van der Waals surface area contributed by atoms with E-state index in [1.54, 1.807) is 43.0 Å². The van der Waals surface area contributed by atoms with Gasteiger partial charge in [-0.2, -0.15) is 4.68 Å². The summed E-state index contributed by atoms with van der Waals surface area (Å²) in [6.45, 7) is 25.3. The number of nitrogens with zero attached hydrogens (tertiary/aromatic N) is 3. The molecule has 1 unspecified atom stereocenters. The van der Waals surface area contributed by atoms with Gasteiger partial charge in [0.2, 0.25) is 0 Å². The second-order valence-corrected chi connectivity index (χ2v) is 20.4. The van der Waals surface area contributed by atoms with Crippen molar-refractivity contribution in [3.8, 4) is 11.6 Å². The maximum Gasteiger partial charge on any atom is 0.309 e. The van der Waals surface area contributed by atoms with Crippen LogP contribution in [0.1, 0.15) is 139 Å². The van der Waals surface area contributed by atoms with Crippen LogP contribution < -0.4 is 10.3 Å². The van der Waals surface area contributed by atoms with Gasteiger partial charge in [0, 0.05) is 30.4 Å². The van der Waals surface area contributed by atoms with Crippen LogP contribution >= 0.6 is 0 Å². The highest BCUT2D eigenvalue weighted by molar-refractivity contribution is 5.73. The average molecular weight is 742 g/mol. The van der Waals surface area contributed by atoms with Crippen molar-refractivity contribution in [2.75, 3.05) is 7.11 Å². The van der Waals surface area contributed by atoms with Crippen molar-refractivity contribution in [1.82, 2.24) is 14.3 Å². The number of fused-ring (bicyclic) bond motifs is 7. The third-order valence-electron chi connectivity index (χ3n) is 16.9. The number of carboxylic acid groups (broad SMARTS) is 1. The highest BCUT2D eigenvalue weighted by Gasteiger charge is 2.70. The molecule has 54 heavy (non-hydrogen) atoms. The Morgan fingerprint density at radius 3 is 2.35 bits per heavy atom. The summed E-state index contributed by atoms with van der Waals surface area (Å²) >= 11 is 0. The first-order chi connectivity index (χ1) is 25.2. The van der Waals surface area contributed by atoms with Gasteiger partial charge < -0.3 is 14.6 Å². The molecule has 7 rings (SSSR count). The molecule has 8 nitrogen and oxygen atoms in total. The van der Waals surface area contributed by atoms with Gasteiger partial charge in [-0.1, -0.05) is 66.2 Å². The number of aliphatic carboxylic acids is 1. The fraction of sp³-hybridized carbons (Fsp3) is 0.717. The molecule has 5 aliphatic carbocycles. The van der Waals surface area contributed by atoms with E-state index in [2.05, 4.69) is 71.8 Å². The Labute approximate surface area is 323 Å². The second-order valence-electron chi connectivity index (χ2n) is 20.4. The molecule has 2 aromatic heterocycles. The molecular weight excluding hydrogens is 675 g/mol. The molecule has 296 valence electrons. The zero-order valence-electron chi connectivity index (χ0n) is 35.1. The first kappa shape index (κ1) is 39.0. The number of hydrogen-bond donors (Lipinski definition) is 1. The van der Waals surface area contributed by atoms with Crippen molar-refractivity contribution < 1.29 is 19.4 Å². The molecule has 0 saturated heterocycles. The van der Waals surface area contributed by atoms with Crippen molar-refractivity contribution in [1.29, 1.82) is 0 Å². The van der Waals surface area contributed by atoms with E-state index in [0.717, 1.165) is 44.2 Å². The van der Waals surface area contributed by atoms with Crippen molar-refractivity contribution >= 4 is 5.97 Å². The summed E-state index contributed by atoms with van der Waals surface area (Å²) in [5.74, 6) is 3.16. The highest BCUT2D eigenvalue weighted by atomic mass is 16.5. The lowest BCUT2D eigenvalue weighted by molar-refractivity contribution is -0.229. The van der Waals surface area contributed by atoms with Crippen LogP contribution in [0.5, 0.6) is 5.75 Å². The van der Waals surface area contributed by atoms with Crippen LogP contribution in [0.3, 0.4) is 0 Å². The van der Waals surface area contributed by atoms with E-state index in [1.165, 1.54) is 25.7 Å². The normalized spacial score (nSPS) is 35.9. The summed E-state index contributed by atoms with van der Waals surface area (Å²) in [6.07, 6.45) is 13.4. The van der Waals surface area contributed by atoms with Crippen molar-refractivity contribution in [3.63, 3.8) is 0 Å². The summed E-state index contributed by atoms with van der Waals surface area (Å²) in [5, 5.41) is 9.75. The number of carbonyl (C=O) groups is 1. The smallest absolute Gasteiger partial charge is 0.309 e. The maximum atomic E-state index is 13.9. The lowest BCUT2D eigenvalue weighted by Gasteiger charge is -2.72. The van der Waals surface area contributed by atoms with Gasteiger partial charge >= 0.3 is 5.97 Å². The molecule has 8 heteroatoms. The third-order valence-corrected chi connectivity index (χ3v) is 16.9. The molecule has 5 aliphatic rings. The number of methoxy groups -OCH3 is 1. The largest absolute Gasteiger partial charge is 0.495 e. The monoisotopic (exact) mass is 742 g/mol. The van der Waals surface area contributed by atoms with Crippen LogP contribution in [0.15, 0.2) is 52.7 Å². The Bertz CT molecular complexity index is 1920. The summed E-state index contributed by atoms with van der Waals surface area (Å²) in [4.78, 5) is 30.4. The van der Waals surface area contributed by atoms with Gasteiger partial charge in [-0.15, -0.1) is 0 Å². The van der Waals surface area contributed by atoms with Crippen molar-refractivity contribution in [2.45, 2.75) is 144 Å². The molecule has 0 bridgehead atoms. The number of ether oxygens (including phenoxy) is 2. The Morgan fingerprint density at radius 1 is 1.00 bits per heavy atom. The SMILES string of the molecule is C=C(CC(C)(C)C(=O)O)O[C@H]1CC[C@]2(C)[C@H]3CCC4C5=C(C(C)C)CC[C@]5(c5cc(=O)n(-c6ccc(OC)cn6)n5C)CC[C@@]4(C)[C@@]3(C)CC[C@H]2C1(C)C. The standard InChI is InChI=1S/C46H67N3O5/c1-28(2)31-17-22-46(35-25-38(50)49(48(35)11)37-16-13-30(53-12)27-47-37)24-23-44(9)32(39(31)46)14-15-34-43(8)20-19-36(54-29(3)26-41(4,5)40(51)52)42(6,7)33(43)18-21-45(34,44)10/h13,16,25,27-28,32-34,36H,3,14-15,17-24,26H2,1-2,4-12H3,(H,51,52)/t32?,33-,34+,36-,43-,44+,45-,46+/m0/s1. The Kier molecular flexibility index (Phi) is 9.29. The molecule has 2 heterocycles. The predicted octanol–water partition coefficient (Wildman–Crippen LogP) is 10.0. The fourth-order valence-electron chi connectivity index (χ4n) is 13.9. The van der Waals surface area contributed by atoms with Crippen LogP contribution in [-0.4, -0.2) is 38.6 Å². The minimum absolute atomic E-state index is 0.0245. The van der Waals surface area contributed by atoms with Gasteiger partial charge in [0.05, 0.1) is 30.2 Å². The van der Waals surface area contributed by atoms with Crippen molar-refractivity contribution in [3.05, 3.63) is 63.9 Å². The van der Waals surface area contributed by atoms with E-state index >= 15 is 0 Å². The lowest BCUT2D eigenvalue weighted by Crippen LogP contribution is -2.66. The molecule has 1 N–H and O–H groups in total.